The lowest BCUT2D eigenvalue weighted by Crippen LogP contribution is -2.41. The Labute approximate surface area is 194 Å². The number of carbonyl (C=O) groups is 1. The second-order valence-corrected chi connectivity index (χ2v) is 8.14. The molecule has 0 aliphatic carbocycles. The molecule has 0 radical (unpaired) electrons. The number of morpholine rings is 1. The highest BCUT2D eigenvalue weighted by Gasteiger charge is 2.31. The molecule has 0 bridgehead atoms. The van der Waals surface area contributed by atoms with Gasteiger partial charge in [0.15, 0.2) is 5.43 Å². The van der Waals surface area contributed by atoms with Gasteiger partial charge in [0.2, 0.25) is 5.91 Å². The Bertz CT molecular complexity index is 1370. The van der Waals surface area contributed by atoms with Crippen molar-refractivity contribution >= 4 is 16.9 Å². The molecule has 0 saturated carbocycles. The average molecular weight is 461 g/mol. The van der Waals surface area contributed by atoms with Crippen LogP contribution in [0.1, 0.15) is 23.7 Å². The largest absolute Gasteiger partial charge is 0.507 e. The second-order valence-electron chi connectivity index (χ2n) is 8.14. The first-order valence-corrected chi connectivity index (χ1v) is 11.0. The first kappa shape index (κ1) is 21.8. The zero-order chi connectivity index (χ0) is 23.7. The highest BCUT2D eigenvalue weighted by Crippen LogP contribution is 2.43. The van der Waals surface area contributed by atoms with Crippen LogP contribution in [0, 0.1) is 0 Å². The molecule has 2 aromatic heterocycles. The fourth-order valence-electron chi connectivity index (χ4n) is 4.35. The molecule has 1 atom stereocenters. The van der Waals surface area contributed by atoms with Crippen molar-refractivity contribution < 1.29 is 28.6 Å². The number of benzene rings is 2. The summed E-state index contributed by atoms with van der Waals surface area (Å²) in [5, 5.41) is 21.3. The van der Waals surface area contributed by atoms with Crippen molar-refractivity contribution in [1.29, 1.82) is 0 Å². The zero-order valence-corrected chi connectivity index (χ0v) is 18.3. The van der Waals surface area contributed by atoms with Gasteiger partial charge in [-0.1, -0.05) is 30.3 Å². The van der Waals surface area contributed by atoms with Crippen LogP contribution in [0.15, 0.2) is 74.5 Å². The fourth-order valence-corrected chi connectivity index (χ4v) is 4.35. The molecule has 4 aromatic rings. The van der Waals surface area contributed by atoms with E-state index in [1.807, 2.05) is 18.2 Å². The van der Waals surface area contributed by atoms with Crippen molar-refractivity contribution in [3.63, 3.8) is 0 Å². The molecule has 34 heavy (non-hydrogen) atoms. The number of phenols is 2. The van der Waals surface area contributed by atoms with E-state index in [0.29, 0.717) is 37.6 Å². The summed E-state index contributed by atoms with van der Waals surface area (Å²) in [5.41, 5.74) is 0.421. The monoisotopic (exact) mass is 461 g/mol. The number of fused-ring (bicyclic) bond motifs is 1. The van der Waals surface area contributed by atoms with Crippen LogP contribution in [0.5, 0.6) is 11.5 Å². The lowest BCUT2D eigenvalue weighted by atomic mass is 9.89. The van der Waals surface area contributed by atoms with Crippen molar-refractivity contribution in [3.05, 3.63) is 82.4 Å². The predicted molar refractivity (Wildman–Crippen MR) is 124 cm³/mol. The van der Waals surface area contributed by atoms with Crippen molar-refractivity contribution in [2.24, 2.45) is 0 Å². The Balaban J connectivity index is 1.69. The summed E-state index contributed by atoms with van der Waals surface area (Å²) in [7, 11) is 0. The number of furan rings is 1. The maximum atomic E-state index is 13.2. The van der Waals surface area contributed by atoms with Crippen LogP contribution in [-0.2, 0) is 9.53 Å². The van der Waals surface area contributed by atoms with E-state index >= 15 is 0 Å². The third-order valence-electron chi connectivity index (χ3n) is 6.03. The van der Waals surface area contributed by atoms with Gasteiger partial charge in [0.1, 0.15) is 34.0 Å². The Morgan fingerprint density at radius 2 is 1.76 bits per heavy atom. The van der Waals surface area contributed by atoms with Gasteiger partial charge < -0.3 is 28.7 Å². The maximum Gasteiger partial charge on any atom is 0.223 e. The van der Waals surface area contributed by atoms with Crippen LogP contribution in [0.4, 0.5) is 0 Å². The van der Waals surface area contributed by atoms with Gasteiger partial charge in [-0.2, -0.15) is 0 Å². The Kier molecular flexibility index (Phi) is 5.81. The highest BCUT2D eigenvalue weighted by atomic mass is 16.5. The Morgan fingerprint density at radius 3 is 2.47 bits per heavy atom. The first-order chi connectivity index (χ1) is 16.5. The summed E-state index contributed by atoms with van der Waals surface area (Å²) >= 11 is 0. The molecule has 1 amide bonds. The van der Waals surface area contributed by atoms with E-state index in [9.17, 15) is 19.8 Å². The molecule has 1 saturated heterocycles. The number of aromatic hydroxyl groups is 2. The third-order valence-corrected chi connectivity index (χ3v) is 6.03. The predicted octanol–water partition coefficient (Wildman–Crippen LogP) is 3.85. The third kappa shape index (κ3) is 4.04. The normalized spacial score (nSPS) is 14.9. The Hall–Kier alpha value is -4.04. The molecular formula is C26H23NO7. The number of hydrogen-bond acceptors (Lipinski definition) is 7. The molecule has 174 valence electrons. The molecule has 8 nitrogen and oxygen atoms in total. The summed E-state index contributed by atoms with van der Waals surface area (Å²) in [6.45, 7) is 1.86. The van der Waals surface area contributed by atoms with Gasteiger partial charge in [0.05, 0.1) is 25.4 Å². The first-order valence-electron chi connectivity index (χ1n) is 11.0. The van der Waals surface area contributed by atoms with Gasteiger partial charge in [-0.05, 0) is 12.1 Å². The molecule has 1 fully saturated rings. The number of phenolic OH excluding ortho intramolecular Hbond substituents is 2. The van der Waals surface area contributed by atoms with Gasteiger partial charge in [0.25, 0.3) is 0 Å². The van der Waals surface area contributed by atoms with Crippen LogP contribution >= 0.6 is 0 Å². The van der Waals surface area contributed by atoms with Gasteiger partial charge in [-0.15, -0.1) is 0 Å². The standard InChI is InChI=1S/C26H23NO7/c28-18-14-19(29)25-20(30)15-22(16-5-2-1-3-6-16)34-26(25)24(18)17(21-7-4-10-33-21)13-23(31)27-8-11-32-12-9-27/h1-7,10,14-15,17,28-29H,8-9,11-13H2. The highest BCUT2D eigenvalue weighted by molar-refractivity contribution is 5.91. The molecule has 8 heteroatoms. The summed E-state index contributed by atoms with van der Waals surface area (Å²) in [5.74, 6) is -0.884. The molecule has 2 aromatic carbocycles. The van der Waals surface area contributed by atoms with Gasteiger partial charge >= 0.3 is 0 Å². The minimum Gasteiger partial charge on any atom is -0.507 e. The number of rotatable bonds is 5. The smallest absolute Gasteiger partial charge is 0.223 e. The van der Waals surface area contributed by atoms with Gasteiger partial charge in [0, 0.05) is 42.8 Å². The van der Waals surface area contributed by atoms with E-state index in [4.69, 9.17) is 13.6 Å². The SMILES string of the molecule is O=C(CC(c1ccco1)c1c(O)cc(O)c2c(=O)cc(-c3ccccc3)oc12)N1CCOCC1. The average Bonchev–Trinajstić information content (AvgIpc) is 3.38. The van der Waals surface area contributed by atoms with E-state index in [1.54, 1.807) is 29.2 Å². The quantitative estimate of drug-likeness (QED) is 0.464. The van der Waals surface area contributed by atoms with E-state index in [-0.39, 0.29) is 40.4 Å². The van der Waals surface area contributed by atoms with Gasteiger partial charge in [-0.25, -0.2) is 0 Å². The topological polar surface area (TPSA) is 113 Å². The minimum absolute atomic E-state index is 0.0139. The molecule has 5 rings (SSSR count). The molecule has 1 aliphatic heterocycles. The number of hydrogen-bond donors (Lipinski definition) is 2. The van der Waals surface area contributed by atoms with Crippen molar-refractivity contribution in [2.45, 2.75) is 12.3 Å². The van der Waals surface area contributed by atoms with Crippen LogP contribution in [-0.4, -0.2) is 47.3 Å². The maximum absolute atomic E-state index is 13.2. The zero-order valence-electron chi connectivity index (χ0n) is 18.3. The summed E-state index contributed by atoms with van der Waals surface area (Å²) in [6.07, 6.45) is 1.45. The summed E-state index contributed by atoms with van der Waals surface area (Å²) < 4.78 is 17.1. The van der Waals surface area contributed by atoms with Gasteiger partial charge in [-0.3, -0.25) is 9.59 Å². The van der Waals surface area contributed by atoms with Crippen LogP contribution < -0.4 is 5.43 Å². The van der Waals surface area contributed by atoms with Crippen molar-refractivity contribution in [1.82, 2.24) is 4.90 Å². The summed E-state index contributed by atoms with van der Waals surface area (Å²) in [4.78, 5) is 27.9. The van der Waals surface area contributed by atoms with E-state index in [1.165, 1.54) is 12.3 Å². The van der Waals surface area contributed by atoms with Crippen molar-refractivity contribution in [2.75, 3.05) is 26.3 Å². The molecule has 0 spiro atoms. The molecule has 3 heterocycles. The number of ether oxygens (including phenoxy) is 1. The van der Waals surface area contributed by atoms with E-state index in [0.717, 1.165) is 6.07 Å². The second kappa shape index (κ2) is 9.07. The van der Waals surface area contributed by atoms with E-state index < -0.39 is 17.1 Å². The van der Waals surface area contributed by atoms with Crippen LogP contribution in [0.25, 0.3) is 22.3 Å². The number of nitrogens with zero attached hydrogens (tertiary/aromatic N) is 1. The molecular weight excluding hydrogens is 438 g/mol. The van der Waals surface area contributed by atoms with Crippen LogP contribution in [0.3, 0.4) is 0 Å². The van der Waals surface area contributed by atoms with Crippen molar-refractivity contribution in [3.8, 4) is 22.8 Å². The van der Waals surface area contributed by atoms with E-state index in [2.05, 4.69) is 0 Å². The molecule has 2 N–H and O–H groups in total. The molecule has 1 aliphatic rings. The summed E-state index contributed by atoms with van der Waals surface area (Å²) in [6, 6.07) is 14.8. The fraction of sp³-hybridized carbons (Fsp3) is 0.231. The Morgan fingerprint density at radius 1 is 1.00 bits per heavy atom. The lowest BCUT2D eigenvalue weighted by Gasteiger charge is -2.28. The number of amides is 1. The van der Waals surface area contributed by atoms with Crippen LogP contribution in [0.2, 0.25) is 0 Å². The lowest BCUT2D eigenvalue weighted by molar-refractivity contribution is -0.135. The molecule has 1 unspecified atom stereocenters. The number of carbonyl (C=O) groups excluding carboxylic acids is 1. The minimum atomic E-state index is -0.748.